The highest BCUT2D eigenvalue weighted by molar-refractivity contribution is 4.95. The summed E-state index contributed by atoms with van der Waals surface area (Å²) in [5, 5.41) is 8.30. The van der Waals surface area contributed by atoms with E-state index in [0.29, 0.717) is 19.4 Å². The Morgan fingerprint density at radius 1 is 1.69 bits per heavy atom. The quantitative estimate of drug-likeness (QED) is 0.643. The molecule has 4 nitrogen and oxygen atoms in total. The first-order valence-electron chi connectivity index (χ1n) is 4.14. The molecule has 0 radical (unpaired) electrons. The monoisotopic (exact) mass is 177 g/mol. The summed E-state index contributed by atoms with van der Waals surface area (Å²) < 4.78 is 1.52. The molecule has 1 aromatic heterocycles. The standard InChI is InChI=1S/C9H11N3O/c1-8-6-9(13)12(7-11-8)5-3-2-4-10/h6-7H,2-3,5H2,1H3. The Labute approximate surface area is 76.5 Å². The molecule has 0 saturated carbocycles. The van der Waals surface area contributed by atoms with Crippen LogP contribution >= 0.6 is 0 Å². The Kier molecular flexibility index (Phi) is 3.21. The van der Waals surface area contributed by atoms with Crippen LogP contribution in [0.5, 0.6) is 0 Å². The fraction of sp³-hybridized carbons (Fsp3) is 0.444. The molecule has 4 heteroatoms. The maximum absolute atomic E-state index is 11.3. The van der Waals surface area contributed by atoms with Gasteiger partial charge in [-0.25, -0.2) is 4.98 Å². The van der Waals surface area contributed by atoms with Gasteiger partial charge >= 0.3 is 0 Å². The molecule has 0 aromatic carbocycles. The van der Waals surface area contributed by atoms with Gasteiger partial charge in [-0.15, -0.1) is 0 Å². The molecule has 68 valence electrons. The largest absolute Gasteiger partial charge is 0.299 e. The van der Waals surface area contributed by atoms with Crippen molar-refractivity contribution in [3.63, 3.8) is 0 Å². The van der Waals surface area contributed by atoms with Gasteiger partial charge in [-0.3, -0.25) is 9.36 Å². The number of aryl methyl sites for hydroxylation is 2. The molecular formula is C9H11N3O. The average Bonchev–Trinajstić information content (AvgIpc) is 2.09. The van der Waals surface area contributed by atoms with Gasteiger partial charge in [0.05, 0.1) is 12.4 Å². The van der Waals surface area contributed by atoms with E-state index in [1.807, 2.05) is 6.07 Å². The normalized spacial score (nSPS) is 9.54. The Balaban J connectivity index is 2.68. The summed E-state index contributed by atoms with van der Waals surface area (Å²) >= 11 is 0. The van der Waals surface area contributed by atoms with Gasteiger partial charge in [0, 0.05) is 24.7 Å². The summed E-state index contributed by atoms with van der Waals surface area (Å²) in [7, 11) is 0. The van der Waals surface area contributed by atoms with Crippen molar-refractivity contribution in [3.05, 3.63) is 28.4 Å². The van der Waals surface area contributed by atoms with Crippen LogP contribution in [0.4, 0.5) is 0 Å². The second-order valence-electron chi connectivity index (χ2n) is 2.82. The predicted molar refractivity (Wildman–Crippen MR) is 48.1 cm³/mol. The minimum absolute atomic E-state index is 0.0505. The Morgan fingerprint density at radius 3 is 3.08 bits per heavy atom. The van der Waals surface area contributed by atoms with Crippen molar-refractivity contribution in [2.24, 2.45) is 0 Å². The van der Waals surface area contributed by atoms with Crippen molar-refractivity contribution in [3.8, 4) is 6.07 Å². The van der Waals surface area contributed by atoms with Crippen molar-refractivity contribution in [1.82, 2.24) is 9.55 Å². The third-order valence-electron chi connectivity index (χ3n) is 1.70. The molecule has 13 heavy (non-hydrogen) atoms. The third kappa shape index (κ3) is 2.71. The zero-order valence-electron chi connectivity index (χ0n) is 7.53. The third-order valence-corrected chi connectivity index (χ3v) is 1.70. The van der Waals surface area contributed by atoms with E-state index < -0.39 is 0 Å². The predicted octanol–water partition coefficient (Wildman–Crippen LogP) is 0.855. The van der Waals surface area contributed by atoms with E-state index in [4.69, 9.17) is 5.26 Å². The lowest BCUT2D eigenvalue weighted by molar-refractivity contribution is 0.618. The fourth-order valence-electron chi connectivity index (χ4n) is 1.01. The highest BCUT2D eigenvalue weighted by Crippen LogP contribution is 1.91. The molecule has 0 bridgehead atoms. The van der Waals surface area contributed by atoms with Crippen LogP contribution in [0.2, 0.25) is 0 Å². The summed E-state index contributed by atoms with van der Waals surface area (Å²) in [6.45, 7) is 2.35. The molecule has 0 atom stereocenters. The first-order valence-corrected chi connectivity index (χ1v) is 4.14. The van der Waals surface area contributed by atoms with Crippen LogP contribution < -0.4 is 5.56 Å². The van der Waals surface area contributed by atoms with Gasteiger partial charge in [0.15, 0.2) is 0 Å². The summed E-state index contributed by atoms with van der Waals surface area (Å²) in [4.78, 5) is 15.3. The summed E-state index contributed by atoms with van der Waals surface area (Å²) in [6.07, 6.45) is 2.69. The molecule has 0 amide bonds. The number of unbranched alkanes of at least 4 members (excludes halogenated alkanes) is 1. The fourth-order valence-corrected chi connectivity index (χ4v) is 1.01. The van der Waals surface area contributed by atoms with E-state index in [1.54, 1.807) is 6.92 Å². The van der Waals surface area contributed by atoms with Gasteiger partial charge in [0.2, 0.25) is 0 Å². The number of hydrogen-bond donors (Lipinski definition) is 0. The second-order valence-corrected chi connectivity index (χ2v) is 2.82. The molecule has 0 N–H and O–H groups in total. The zero-order valence-corrected chi connectivity index (χ0v) is 7.53. The van der Waals surface area contributed by atoms with Crippen molar-refractivity contribution in [1.29, 1.82) is 5.26 Å². The topological polar surface area (TPSA) is 58.7 Å². The molecular weight excluding hydrogens is 166 g/mol. The van der Waals surface area contributed by atoms with Crippen LogP contribution in [0.3, 0.4) is 0 Å². The summed E-state index contributed by atoms with van der Waals surface area (Å²) in [5.74, 6) is 0. The lowest BCUT2D eigenvalue weighted by Crippen LogP contribution is -2.19. The first-order chi connectivity index (χ1) is 6.24. The maximum atomic E-state index is 11.3. The molecule has 0 aliphatic rings. The Bertz CT molecular complexity index is 375. The van der Waals surface area contributed by atoms with E-state index in [2.05, 4.69) is 4.98 Å². The molecule has 1 heterocycles. The average molecular weight is 177 g/mol. The van der Waals surface area contributed by atoms with Gasteiger partial charge in [-0.2, -0.15) is 5.26 Å². The van der Waals surface area contributed by atoms with Gasteiger partial charge in [0.25, 0.3) is 5.56 Å². The molecule has 0 aliphatic carbocycles. The molecule has 0 aliphatic heterocycles. The van der Waals surface area contributed by atoms with Crippen LogP contribution in [0.15, 0.2) is 17.2 Å². The van der Waals surface area contributed by atoms with Crippen molar-refractivity contribution in [2.75, 3.05) is 0 Å². The zero-order chi connectivity index (χ0) is 9.68. The molecule has 0 fully saturated rings. The number of nitrogens with zero attached hydrogens (tertiary/aromatic N) is 3. The van der Waals surface area contributed by atoms with Gasteiger partial charge in [0.1, 0.15) is 0 Å². The van der Waals surface area contributed by atoms with E-state index in [1.165, 1.54) is 17.0 Å². The molecule has 0 saturated heterocycles. The van der Waals surface area contributed by atoms with E-state index >= 15 is 0 Å². The SMILES string of the molecule is Cc1cc(=O)n(CCCC#N)cn1. The molecule has 1 aromatic rings. The summed E-state index contributed by atoms with van der Waals surface area (Å²) in [5.41, 5.74) is 0.673. The number of hydrogen-bond acceptors (Lipinski definition) is 3. The maximum Gasteiger partial charge on any atom is 0.253 e. The smallest absolute Gasteiger partial charge is 0.253 e. The highest BCUT2D eigenvalue weighted by atomic mass is 16.1. The Morgan fingerprint density at radius 2 is 2.46 bits per heavy atom. The highest BCUT2D eigenvalue weighted by Gasteiger charge is 1.95. The van der Waals surface area contributed by atoms with Gasteiger partial charge in [-0.05, 0) is 13.3 Å². The molecule has 0 unspecified atom stereocenters. The van der Waals surface area contributed by atoms with Crippen molar-refractivity contribution < 1.29 is 0 Å². The van der Waals surface area contributed by atoms with Crippen LogP contribution in [0, 0.1) is 18.3 Å². The van der Waals surface area contributed by atoms with Crippen LogP contribution in [0.25, 0.3) is 0 Å². The van der Waals surface area contributed by atoms with Crippen LogP contribution in [-0.2, 0) is 6.54 Å². The second kappa shape index (κ2) is 4.41. The van der Waals surface area contributed by atoms with Crippen molar-refractivity contribution >= 4 is 0 Å². The van der Waals surface area contributed by atoms with Gasteiger partial charge < -0.3 is 0 Å². The van der Waals surface area contributed by atoms with E-state index in [-0.39, 0.29) is 5.56 Å². The van der Waals surface area contributed by atoms with Gasteiger partial charge in [-0.1, -0.05) is 0 Å². The lowest BCUT2D eigenvalue weighted by atomic mass is 10.3. The minimum Gasteiger partial charge on any atom is -0.299 e. The Hall–Kier alpha value is -1.63. The lowest BCUT2D eigenvalue weighted by Gasteiger charge is -2.02. The molecule has 0 spiro atoms. The number of aromatic nitrogens is 2. The number of rotatable bonds is 3. The van der Waals surface area contributed by atoms with Crippen LogP contribution in [-0.4, -0.2) is 9.55 Å². The molecule has 1 rings (SSSR count). The van der Waals surface area contributed by atoms with Crippen molar-refractivity contribution in [2.45, 2.75) is 26.3 Å². The first kappa shape index (κ1) is 9.46. The minimum atomic E-state index is -0.0505. The summed E-state index contributed by atoms with van der Waals surface area (Å²) in [6, 6.07) is 3.53. The van der Waals surface area contributed by atoms with E-state index in [9.17, 15) is 4.79 Å². The van der Waals surface area contributed by atoms with Crippen LogP contribution in [0.1, 0.15) is 18.5 Å². The van der Waals surface area contributed by atoms with E-state index in [0.717, 1.165) is 5.69 Å². The number of nitriles is 1.